The highest BCUT2D eigenvalue weighted by molar-refractivity contribution is 6.77. The normalized spacial score (nSPS) is 20.6. The second kappa shape index (κ2) is 19.6. The highest BCUT2D eigenvalue weighted by atomic mass is 28.4. The molecule has 0 radical (unpaired) electrons. The highest BCUT2D eigenvalue weighted by Gasteiger charge is 2.48. The zero-order valence-electron chi connectivity index (χ0n) is 49.4. The van der Waals surface area contributed by atoms with Crippen molar-refractivity contribution in [2.24, 2.45) is 17.3 Å². The minimum absolute atomic E-state index is 0.0343. The average Bonchev–Trinajstić information content (AvgIpc) is 3.12. The van der Waals surface area contributed by atoms with Gasteiger partial charge in [0.1, 0.15) is 34.9 Å². The van der Waals surface area contributed by atoms with E-state index in [1.807, 2.05) is 0 Å². The number of hydrogen-bond donors (Lipinski definition) is 0. The maximum atomic E-state index is 14.7. The number of rotatable bonds is 13. The highest BCUT2D eigenvalue weighted by Crippen LogP contribution is 2.54. The molecule has 2 atom stereocenters. The van der Waals surface area contributed by atoms with Gasteiger partial charge in [-0.2, -0.15) is 0 Å². The van der Waals surface area contributed by atoms with Crippen LogP contribution in [0.25, 0.3) is 0 Å². The predicted molar refractivity (Wildman–Crippen MR) is 304 cm³/mol. The van der Waals surface area contributed by atoms with Crippen molar-refractivity contribution in [3.8, 4) is 34.5 Å². The summed E-state index contributed by atoms with van der Waals surface area (Å²) in [5, 5.41) is -0.412. The summed E-state index contributed by atoms with van der Waals surface area (Å²) < 4.78 is 51.0. The molecule has 0 amide bonds. The number of carbonyl (C=O) groups excluding carboxylic acids is 1. The number of benzene rings is 2. The fourth-order valence-corrected chi connectivity index (χ4v) is 12.6. The summed E-state index contributed by atoms with van der Waals surface area (Å²) in [5.41, 5.74) is 1.92. The molecule has 2 aromatic rings. The van der Waals surface area contributed by atoms with Gasteiger partial charge in [-0.15, -0.1) is 0 Å². The third-order valence-electron chi connectivity index (χ3n) is 17.9. The number of esters is 1. The lowest BCUT2D eigenvalue weighted by Gasteiger charge is -2.43. The van der Waals surface area contributed by atoms with Crippen molar-refractivity contribution in [2.75, 3.05) is 0 Å². The molecule has 2 aromatic carbocycles. The first-order chi connectivity index (χ1) is 30.6. The van der Waals surface area contributed by atoms with Gasteiger partial charge in [-0.3, -0.25) is 4.79 Å². The van der Waals surface area contributed by atoms with Crippen molar-refractivity contribution in [1.29, 1.82) is 0 Å². The van der Waals surface area contributed by atoms with Gasteiger partial charge in [0.2, 0.25) is 16.6 Å². The second-order valence-corrected chi connectivity index (χ2v) is 53.3. The Morgan fingerprint density at radius 2 is 0.870 bits per heavy atom. The fourth-order valence-electron chi connectivity index (χ4n) is 7.55. The molecule has 0 saturated heterocycles. The summed E-state index contributed by atoms with van der Waals surface area (Å²) in [6, 6.07) is 8.38. The lowest BCUT2D eigenvalue weighted by atomic mass is 9.70. The van der Waals surface area contributed by atoms with Gasteiger partial charge in [0.25, 0.3) is 25.0 Å². The van der Waals surface area contributed by atoms with Crippen molar-refractivity contribution < 1.29 is 36.4 Å². The van der Waals surface area contributed by atoms with Gasteiger partial charge in [-0.05, 0) is 140 Å². The molecule has 1 saturated carbocycles. The van der Waals surface area contributed by atoms with Crippen LogP contribution in [0.3, 0.4) is 0 Å². The molecule has 0 spiro atoms. The molecule has 0 bridgehead atoms. The Labute approximate surface area is 428 Å². The van der Waals surface area contributed by atoms with Crippen LogP contribution >= 0.6 is 0 Å². The van der Waals surface area contributed by atoms with E-state index in [1.54, 1.807) is 0 Å². The first-order valence-electron chi connectivity index (χ1n) is 26.3. The molecular weight excluding hydrogens is 941 g/mol. The van der Waals surface area contributed by atoms with E-state index in [9.17, 15) is 4.79 Å². The van der Waals surface area contributed by atoms with E-state index in [4.69, 9.17) is 31.6 Å². The molecule has 1 fully saturated rings. The smallest absolute Gasteiger partial charge is 0.309 e. The Kier molecular flexibility index (Phi) is 16.8. The molecule has 0 N–H and O–H groups in total. The van der Waals surface area contributed by atoms with Crippen molar-refractivity contribution in [3.05, 3.63) is 35.4 Å². The monoisotopic (exact) mass is 1040 g/mol. The maximum absolute atomic E-state index is 14.7. The molecular formula is C56H102O8Si5. The molecule has 1 aliphatic heterocycles. The average molecular weight is 1040 g/mol. The zero-order valence-corrected chi connectivity index (χ0v) is 54.4. The Morgan fingerprint density at radius 3 is 1.26 bits per heavy atom. The number of hydrogen-bond acceptors (Lipinski definition) is 8. The zero-order chi connectivity index (χ0) is 53.3. The van der Waals surface area contributed by atoms with E-state index >= 15 is 0 Å². The minimum atomic E-state index is -2.48. The van der Waals surface area contributed by atoms with Crippen LogP contribution in [-0.2, 0) is 16.0 Å². The second-order valence-electron chi connectivity index (χ2n) is 29.7. The molecule has 8 nitrogen and oxygen atoms in total. The van der Waals surface area contributed by atoms with Crippen molar-refractivity contribution in [3.63, 3.8) is 0 Å². The van der Waals surface area contributed by atoms with Crippen molar-refractivity contribution >= 4 is 47.6 Å². The molecule has 4 rings (SSSR count). The Morgan fingerprint density at radius 1 is 0.493 bits per heavy atom. The number of fused-ring (bicyclic) bond motifs is 1. The van der Waals surface area contributed by atoms with Crippen molar-refractivity contribution in [2.45, 2.75) is 260 Å². The number of carbonyl (C=O) groups is 1. The quantitative estimate of drug-likeness (QED) is 0.145. The van der Waals surface area contributed by atoms with Gasteiger partial charge < -0.3 is 31.6 Å². The van der Waals surface area contributed by atoms with E-state index in [1.165, 1.54) is 0 Å². The Bertz CT molecular complexity index is 2080. The first-order valence-corrected chi connectivity index (χ1v) is 40.8. The summed E-state index contributed by atoms with van der Waals surface area (Å²) >= 11 is 0. The van der Waals surface area contributed by atoms with Gasteiger partial charge in [0, 0.05) is 29.7 Å². The molecule has 13 heteroatoms. The first kappa shape index (κ1) is 59.4. The Hall–Kier alpha value is -2.21. The molecule has 0 unspecified atom stereocenters. The Balaban J connectivity index is 2.10. The van der Waals surface area contributed by atoms with Gasteiger partial charge in [0.15, 0.2) is 11.9 Å². The fraction of sp³-hybridized carbons (Fsp3) is 0.768. The van der Waals surface area contributed by atoms with E-state index in [2.05, 4.69) is 214 Å². The van der Waals surface area contributed by atoms with Crippen LogP contribution in [0, 0.1) is 17.3 Å². The third kappa shape index (κ3) is 13.7. The predicted octanol–water partition coefficient (Wildman–Crippen LogP) is 18.0. The van der Waals surface area contributed by atoms with E-state index in [0.29, 0.717) is 35.3 Å². The van der Waals surface area contributed by atoms with Gasteiger partial charge >= 0.3 is 5.97 Å². The third-order valence-corrected chi connectivity index (χ3v) is 39.6. The molecule has 2 aliphatic rings. The standard InChI is InChI=1S/C56H102O8Si5/c1-51(2,3)40-31-29-38(30-32-40)50(57)59-45-37-42-43(35-41(60-65(19,20)52(4,5)6)36-44(42)61-66(21,22)53(7,8)9)58-48(45)39-33-46(62-67(23,24)54(10,11)12)49(64-69(27,28)56(16,17)18)47(34-39)63-68(25,26)55(13,14)15/h33-36,38,40,45,48H,29-32,37H2,1-28H3/t38?,40?,45-,48-/m1/s1. The SMILES string of the molecule is CC(C)(C)C1CCC(C(=O)O[C@@H]2Cc3c(cc(O[Si](C)(C)C(C)(C)C)cc3O[Si](C)(C)C(C)(C)C)O[C@@H]2c2cc(O[Si](C)(C)C(C)(C)C)c(O[Si](C)(C)C(C)(C)C)c(O[Si](C)(C)C(C)(C)C)c2)CC1. The summed E-state index contributed by atoms with van der Waals surface area (Å²) in [7, 11) is -12.1. The van der Waals surface area contributed by atoms with Crippen LogP contribution in [0.5, 0.6) is 34.5 Å². The lowest BCUT2D eigenvalue weighted by molar-refractivity contribution is -0.162. The summed E-state index contributed by atoms with van der Waals surface area (Å²) in [6.45, 7) is 63.7. The van der Waals surface area contributed by atoms with Crippen LogP contribution in [-0.4, -0.2) is 53.7 Å². The minimum Gasteiger partial charge on any atom is -0.543 e. The van der Waals surface area contributed by atoms with Crippen LogP contribution in [0.4, 0.5) is 0 Å². The van der Waals surface area contributed by atoms with E-state index in [-0.39, 0.29) is 42.5 Å². The van der Waals surface area contributed by atoms with Crippen LogP contribution in [0.15, 0.2) is 24.3 Å². The molecule has 1 aliphatic carbocycles. The maximum Gasteiger partial charge on any atom is 0.309 e. The van der Waals surface area contributed by atoms with Gasteiger partial charge in [0.05, 0.1) is 5.92 Å². The topological polar surface area (TPSA) is 81.7 Å². The van der Waals surface area contributed by atoms with E-state index < -0.39 is 53.8 Å². The number of ether oxygens (including phenoxy) is 2. The molecule has 1 heterocycles. The largest absolute Gasteiger partial charge is 0.543 e. The molecule has 394 valence electrons. The summed E-state index contributed by atoms with van der Waals surface area (Å²) in [4.78, 5) is 14.7. The van der Waals surface area contributed by atoms with Gasteiger partial charge in [-0.1, -0.05) is 125 Å². The summed E-state index contributed by atoms with van der Waals surface area (Å²) in [5.74, 6) is 4.40. The summed E-state index contributed by atoms with van der Waals surface area (Å²) in [6.07, 6.45) is 2.68. The molecule has 0 aromatic heterocycles. The van der Waals surface area contributed by atoms with E-state index in [0.717, 1.165) is 48.3 Å². The van der Waals surface area contributed by atoms with Gasteiger partial charge in [-0.25, -0.2) is 0 Å². The van der Waals surface area contributed by atoms with Crippen molar-refractivity contribution in [1.82, 2.24) is 0 Å². The molecule has 69 heavy (non-hydrogen) atoms. The van der Waals surface area contributed by atoms with Crippen LogP contribution in [0.2, 0.25) is 90.7 Å². The van der Waals surface area contributed by atoms with Crippen LogP contribution < -0.4 is 26.9 Å². The lowest BCUT2D eigenvalue weighted by Crippen LogP contribution is -2.47. The van der Waals surface area contributed by atoms with Crippen LogP contribution in [0.1, 0.15) is 168 Å².